The minimum atomic E-state index is -0.204. The molecule has 2 N–H and O–H groups in total. The van der Waals surface area contributed by atoms with Crippen LogP contribution in [0.2, 0.25) is 0 Å². The van der Waals surface area contributed by atoms with Crippen LogP contribution >= 0.6 is 0 Å². The number of halogens is 1. The van der Waals surface area contributed by atoms with Gasteiger partial charge in [0.1, 0.15) is 5.82 Å². The van der Waals surface area contributed by atoms with Crippen molar-refractivity contribution in [3.63, 3.8) is 0 Å². The average Bonchev–Trinajstić information content (AvgIpc) is 2.45. The van der Waals surface area contributed by atoms with Gasteiger partial charge in [0, 0.05) is 30.8 Å². The van der Waals surface area contributed by atoms with Gasteiger partial charge in [-0.15, -0.1) is 0 Å². The van der Waals surface area contributed by atoms with E-state index in [1.807, 2.05) is 37.3 Å². The fraction of sp³-hybridized carbons (Fsp3) is 0.235. The number of amides is 1. The summed E-state index contributed by atoms with van der Waals surface area (Å²) in [5.74, 6) is -0.302. The molecule has 0 aliphatic carbocycles. The van der Waals surface area contributed by atoms with Gasteiger partial charge in [-0.05, 0) is 30.7 Å². The number of nitrogens with one attached hydrogen (secondary N) is 2. The number of carbonyl (C=O) groups excluding carboxylic acids is 1. The summed E-state index contributed by atoms with van der Waals surface area (Å²) in [6.07, 6.45) is 0. The molecular formula is C17H19FN2O. The minimum absolute atomic E-state index is 0.0540. The first-order chi connectivity index (χ1) is 10.1. The average molecular weight is 286 g/mol. The van der Waals surface area contributed by atoms with Crippen molar-refractivity contribution in [3.8, 4) is 0 Å². The molecule has 0 fully saturated rings. The van der Waals surface area contributed by atoms with Crippen LogP contribution in [0.25, 0.3) is 0 Å². The Morgan fingerprint density at radius 3 is 2.67 bits per heavy atom. The number of carbonyl (C=O) groups is 1. The van der Waals surface area contributed by atoms with Gasteiger partial charge in [0.25, 0.3) is 0 Å². The van der Waals surface area contributed by atoms with Gasteiger partial charge in [-0.3, -0.25) is 4.79 Å². The molecule has 2 aromatic rings. The topological polar surface area (TPSA) is 41.1 Å². The molecule has 0 aliphatic rings. The van der Waals surface area contributed by atoms with E-state index in [0.29, 0.717) is 12.1 Å². The Balaban J connectivity index is 2.01. The number of hydrogen-bond donors (Lipinski definition) is 2. The van der Waals surface area contributed by atoms with Crippen LogP contribution in [0.4, 0.5) is 10.1 Å². The zero-order valence-electron chi connectivity index (χ0n) is 12.2. The smallest absolute Gasteiger partial charge is 0.221 e. The highest BCUT2D eigenvalue weighted by Gasteiger charge is 2.08. The third kappa shape index (κ3) is 4.39. The van der Waals surface area contributed by atoms with Crippen molar-refractivity contribution in [2.24, 2.45) is 0 Å². The minimum Gasteiger partial charge on any atom is -0.326 e. The van der Waals surface area contributed by atoms with E-state index in [2.05, 4.69) is 10.6 Å². The van der Waals surface area contributed by atoms with Crippen LogP contribution in [-0.2, 0) is 11.3 Å². The molecule has 0 bridgehead atoms. The van der Waals surface area contributed by atoms with Gasteiger partial charge in [-0.2, -0.15) is 0 Å². The fourth-order valence-corrected chi connectivity index (χ4v) is 2.11. The van der Waals surface area contributed by atoms with Crippen molar-refractivity contribution < 1.29 is 9.18 Å². The van der Waals surface area contributed by atoms with Crippen LogP contribution < -0.4 is 10.6 Å². The Kier molecular flexibility index (Phi) is 5.06. The quantitative estimate of drug-likeness (QED) is 0.881. The number of benzene rings is 2. The molecule has 0 aliphatic heterocycles. The van der Waals surface area contributed by atoms with Gasteiger partial charge >= 0.3 is 0 Å². The second kappa shape index (κ2) is 6.99. The van der Waals surface area contributed by atoms with Crippen LogP contribution in [0.3, 0.4) is 0 Å². The van der Waals surface area contributed by atoms with Crippen LogP contribution in [0.15, 0.2) is 48.5 Å². The van der Waals surface area contributed by atoms with Crippen molar-refractivity contribution in [3.05, 3.63) is 65.5 Å². The number of rotatable bonds is 5. The lowest BCUT2D eigenvalue weighted by atomic mass is 10.1. The summed E-state index contributed by atoms with van der Waals surface area (Å²) >= 11 is 0. The van der Waals surface area contributed by atoms with Gasteiger partial charge in [0.15, 0.2) is 0 Å². The van der Waals surface area contributed by atoms with Crippen molar-refractivity contribution in [1.29, 1.82) is 0 Å². The number of hydrogen-bond acceptors (Lipinski definition) is 2. The van der Waals surface area contributed by atoms with Crippen LogP contribution in [0.5, 0.6) is 0 Å². The van der Waals surface area contributed by atoms with Crippen molar-refractivity contribution >= 4 is 11.6 Å². The molecule has 1 atom stereocenters. The van der Waals surface area contributed by atoms with Crippen molar-refractivity contribution in [1.82, 2.24) is 5.32 Å². The summed E-state index contributed by atoms with van der Waals surface area (Å²) in [6, 6.07) is 14.4. The maximum Gasteiger partial charge on any atom is 0.221 e. The molecule has 0 unspecified atom stereocenters. The van der Waals surface area contributed by atoms with Crippen LogP contribution in [0, 0.1) is 5.82 Å². The summed E-state index contributed by atoms with van der Waals surface area (Å²) in [4.78, 5) is 11.1. The lowest BCUT2D eigenvalue weighted by Gasteiger charge is -2.16. The zero-order chi connectivity index (χ0) is 15.2. The van der Waals surface area contributed by atoms with E-state index in [-0.39, 0.29) is 17.8 Å². The Labute approximate surface area is 124 Å². The Bertz CT molecular complexity index is 628. The predicted octanol–water partition coefficient (Wildman–Crippen LogP) is 3.63. The summed E-state index contributed by atoms with van der Waals surface area (Å²) < 4.78 is 13.6. The Hall–Kier alpha value is -2.20. The molecular weight excluding hydrogens is 267 g/mol. The number of anilines is 1. The second-order valence-electron chi connectivity index (χ2n) is 5.00. The third-order valence-corrected chi connectivity index (χ3v) is 3.26. The van der Waals surface area contributed by atoms with E-state index in [4.69, 9.17) is 0 Å². The van der Waals surface area contributed by atoms with Crippen molar-refractivity contribution in [2.75, 3.05) is 5.32 Å². The van der Waals surface area contributed by atoms with E-state index >= 15 is 0 Å². The molecule has 0 spiro atoms. The third-order valence-electron chi connectivity index (χ3n) is 3.26. The molecule has 21 heavy (non-hydrogen) atoms. The molecule has 0 saturated heterocycles. The van der Waals surface area contributed by atoms with Gasteiger partial charge in [0.05, 0.1) is 0 Å². The molecule has 110 valence electrons. The van der Waals surface area contributed by atoms with Crippen LogP contribution in [0.1, 0.15) is 31.0 Å². The molecule has 0 aromatic heterocycles. The summed E-state index contributed by atoms with van der Waals surface area (Å²) in [6.45, 7) is 3.94. The van der Waals surface area contributed by atoms with Gasteiger partial charge < -0.3 is 10.6 Å². The Morgan fingerprint density at radius 1 is 1.19 bits per heavy atom. The molecule has 3 nitrogen and oxygen atoms in total. The largest absolute Gasteiger partial charge is 0.326 e. The summed E-state index contributed by atoms with van der Waals surface area (Å²) in [5.41, 5.74) is 2.44. The first-order valence-electron chi connectivity index (χ1n) is 6.90. The monoisotopic (exact) mass is 286 g/mol. The maximum absolute atomic E-state index is 13.6. The van der Waals surface area contributed by atoms with E-state index in [9.17, 15) is 9.18 Å². The lowest BCUT2D eigenvalue weighted by molar-refractivity contribution is -0.114. The van der Waals surface area contributed by atoms with E-state index in [0.717, 1.165) is 11.3 Å². The second-order valence-corrected chi connectivity index (χ2v) is 5.00. The SMILES string of the molecule is CC(=O)Nc1cccc([C@H](C)NCc2ccccc2F)c1. The van der Waals surface area contributed by atoms with E-state index in [1.165, 1.54) is 13.0 Å². The van der Waals surface area contributed by atoms with Gasteiger partial charge in [0.2, 0.25) is 5.91 Å². The highest BCUT2D eigenvalue weighted by molar-refractivity contribution is 5.88. The van der Waals surface area contributed by atoms with Gasteiger partial charge in [-0.25, -0.2) is 4.39 Å². The van der Waals surface area contributed by atoms with E-state index < -0.39 is 0 Å². The zero-order valence-corrected chi connectivity index (χ0v) is 12.2. The fourth-order valence-electron chi connectivity index (χ4n) is 2.11. The standard InChI is InChI=1S/C17H19FN2O/c1-12(19-11-15-6-3-4-9-17(15)18)14-7-5-8-16(10-14)20-13(2)21/h3-10,12,19H,11H2,1-2H3,(H,20,21)/t12-/m0/s1. The van der Waals surface area contributed by atoms with Crippen LogP contribution in [-0.4, -0.2) is 5.91 Å². The first-order valence-corrected chi connectivity index (χ1v) is 6.90. The molecule has 0 saturated carbocycles. The first kappa shape index (κ1) is 15.2. The predicted molar refractivity (Wildman–Crippen MR) is 82.4 cm³/mol. The highest BCUT2D eigenvalue weighted by Crippen LogP contribution is 2.18. The molecule has 2 aromatic carbocycles. The molecule has 0 heterocycles. The lowest BCUT2D eigenvalue weighted by Crippen LogP contribution is -2.19. The maximum atomic E-state index is 13.6. The normalized spacial score (nSPS) is 12.0. The van der Waals surface area contributed by atoms with Crippen molar-refractivity contribution in [2.45, 2.75) is 26.4 Å². The van der Waals surface area contributed by atoms with E-state index in [1.54, 1.807) is 12.1 Å². The van der Waals surface area contributed by atoms with Gasteiger partial charge in [-0.1, -0.05) is 30.3 Å². The summed E-state index contributed by atoms with van der Waals surface area (Å²) in [7, 11) is 0. The highest BCUT2D eigenvalue weighted by atomic mass is 19.1. The summed E-state index contributed by atoms with van der Waals surface area (Å²) in [5, 5.41) is 6.04. The molecule has 2 rings (SSSR count). The Morgan fingerprint density at radius 2 is 1.95 bits per heavy atom. The molecule has 1 amide bonds. The molecule has 0 radical (unpaired) electrons. The molecule has 4 heteroatoms.